The Morgan fingerprint density at radius 1 is 1.31 bits per heavy atom. The zero-order chi connectivity index (χ0) is 12.4. The van der Waals surface area contributed by atoms with Crippen LogP contribution in [0.1, 0.15) is 26.7 Å². The van der Waals surface area contributed by atoms with E-state index in [0.29, 0.717) is 32.7 Å². The molecule has 1 N–H and O–H groups in total. The molecule has 94 valence electrons. The lowest BCUT2D eigenvalue weighted by Crippen LogP contribution is -2.36. The third-order valence-corrected chi connectivity index (χ3v) is 2.19. The summed E-state index contributed by atoms with van der Waals surface area (Å²) in [5, 5.41) is 2.77. The van der Waals surface area contributed by atoms with Crippen molar-refractivity contribution >= 4 is 11.8 Å². The number of hydrogen-bond acceptors (Lipinski definition) is 3. The fraction of sp³-hybridized carbons (Fsp3) is 0.818. The Balaban J connectivity index is 3.82. The molecule has 16 heavy (non-hydrogen) atoms. The maximum atomic E-state index is 11.3. The van der Waals surface area contributed by atoms with Crippen LogP contribution >= 0.6 is 0 Å². The van der Waals surface area contributed by atoms with Gasteiger partial charge < -0.3 is 15.0 Å². The second kappa shape index (κ2) is 9.15. The molecule has 0 aromatic heterocycles. The van der Waals surface area contributed by atoms with Crippen molar-refractivity contribution in [3.63, 3.8) is 0 Å². The first-order valence-corrected chi connectivity index (χ1v) is 5.63. The SMILES string of the molecule is CCCNC(=O)CCN(CCOC)C(C)=O. The molecule has 0 aromatic rings. The van der Waals surface area contributed by atoms with Crippen LogP contribution in [0.4, 0.5) is 0 Å². The van der Waals surface area contributed by atoms with Gasteiger partial charge in [-0.3, -0.25) is 9.59 Å². The highest BCUT2D eigenvalue weighted by Crippen LogP contribution is 1.93. The summed E-state index contributed by atoms with van der Waals surface area (Å²) < 4.78 is 4.90. The van der Waals surface area contributed by atoms with Crippen molar-refractivity contribution in [2.75, 3.05) is 33.4 Å². The summed E-state index contributed by atoms with van der Waals surface area (Å²) >= 11 is 0. The third kappa shape index (κ3) is 7.23. The molecule has 5 heteroatoms. The van der Waals surface area contributed by atoms with Crippen LogP contribution in [0.25, 0.3) is 0 Å². The zero-order valence-electron chi connectivity index (χ0n) is 10.4. The fourth-order valence-corrected chi connectivity index (χ4v) is 1.22. The standard InChI is InChI=1S/C11H22N2O3/c1-4-6-12-11(15)5-7-13(10(2)14)8-9-16-3/h4-9H2,1-3H3,(H,12,15). The number of methoxy groups -OCH3 is 1. The molecular formula is C11H22N2O3. The van der Waals surface area contributed by atoms with Crippen molar-refractivity contribution in [1.82, 2.24) is 10.2 Å². The first-order chi connectivity index (χ1) is 7.61. The van der Waals surface area contributed by atoms with Gasteiger partial charge in [-0.15, -0.1) is 0 Å². The molecule has 5 nitrogen and oxygen atoms in total. The molecule has 0 aliphatic heterocycles. The summed E-state index contributed by atoms with van der Waals surface area (Å²) in [7, 11) is 1.59. The Morgan fingerprint density at radius 2 is 2.00 bits per heavy atom. The van der Waals surface area contributed by atoms with Gasteiger partial charge in [0.2, 0.25) is 11.8 Å². The van der Waals surface area contributed by atoms with Crippen molar-refractivity contribution < 1.29 is 14.3 Å². The van der Waals surface area contributed by atoms with Crippen molar-refractivity contribution in [3.8, 4) is 0 Å². The fourth-order valence-electron chi connectivity index (χ4n) is 1.22. The summed E-state index contributed by atoms with van der Waals surface area (Å²) in [6.07, 6.45) is 1.27. The Morgan fingerprint density at radius 3 is 2.50 bits per heavy atom. The molecule has 0 aromatic carbocycles. The van der Waals surface area contributed by atoms with Gasteiger partial charge in [0, 0.05) is 40.1 Å². The molecule has 0 saturated carbocycles. The quantitative estimate of drug-likeness (QED) is 0.656. The number of amides is 2. The first-order valence-electron chi connectivity index (χ1n) is 5.63. The van der Waals surface area contributed by atoms with Crippen LogP contribution in [-0.4, -0.2) is 50.1 Å². The number of carbonyl (C=O) groups excluding carboxylic acids is 2. The van der Waals surface area contributed by atoms with E-state index >= 15 is 0 Å². The topological polar surface area (TPSA) is 58.6 Å². The van der Waals surface area contributed by atoms with E-state index in [2.05, 4.69) is 5.32 Å². The normalized spacial score (nSPS) is 9.94. The van der Waals surface area contributed by atoms with Gasteiger partial charge in [0.25, 0.3) is 0 Å². The van der Waals surface area contributed by atoms with Crippen LogP contribution in [0.2, 0.25) is 0 Å². The molecule has 0 spiro atoms. The van der Waals surface area contributed by atoms with Crippen LogP contribution in [0, 0.1) is 0 Å². The van der Waals surface area contributed by atoms with E-state index in [4.69, 9.17) is 4.74 Å². The largest absolute Gasteiger partial charge is 0.383 e. The third-order valence-electron chi connectivity index (χ3n) is 2.19. The minimum atomic E-state index is -0.0275. The number of nitrogens with one attached hydrogen (secondary N) is 1. The van der Waals surface area contributed by atoms with E-state index in [1.807, 2.05) is 6.92 Å². The number of carbonyl (C=O) groups is 2. The monoisotopic (exact) mass is 230 g/mol. The first kappa shape index (κ1) is 14.9. The maximum absolute atomic E-state index is 11.3. The number of hydrogen-bond donors (Lipinski definition) is 1. The molecular weight excluding hydrogens is 208 g/mol. The van der Waals surface area contributed by atoms with Gasteiger partial charge in [0.1, 0.15) is 0 Å². The molecule has 0 radical (unpaired) electrons. The van der Waals surface area contributed by atoms with E-state index in [0.717, 1.165) is 6.42 Å². The molecule has 0 rings (SSSR count). The van der Waals surface area contributed by atoms with E-state index in [1.165, 1.54) is 6.92 Å². The number of ether oxygens (including phenoxy) is 1. The summed E-state index contributed by atoms with van der Waals surface area (Å²) in [5.41, 5.74) is 0. The van der Waals surface area contributed by atoms with E-state index in [9.17, 15) is 9.59 Å². The minimum Gasteiger partial charge on any atom is -0.383 e. The lowest BCUT2D eigenvalue weighted by atomic mass is 10.3. The Labute approximate surface area is 97.1 Å². The van der Waals surface area contributed by atoms with Gasteiger partial charge in [0.15, 0.2) is 0 Å². The summed E-state index contributed by atoms with van der Waals surface area (Å²) in [6, 6.07) is 0. The second-order valence-corrected chi connectivity index (χ2v) is 3.60. The number of rotatable bonds is 8. The van der Waals surface area contributed by atoms with E-state index < -0.39 is 0 Å². The van der Waals surface area contributed by atoms with Crippen LogP contribution in [0.3, 0.4) is 0 Å². The van der Waals surface area contributed by atoms with Gasteiger partial charge in [0.05, 0.1) is 6.61 Å². The average molecular weight is 230 g/mol. The molecule has 0 bridgehead atoms. The zero-order valence-corrected chi connectivity index (χ0v) is 10.4. The van der Waals surface area contributed by atoms with Crippen molar-refractivity contribution in [1.29, 1.82) is 0 Å². The lowest BCUT2D eigenvalue weighted by Gasteiger charge is -2.20. The van der Waals surface area contributed by atoms with Gasteiger partial charge >= 0.3 is 0 Å². The van der Waals surface area contributed by atoms with Crippen LogP contribution < -0.4 is 5.32 Å². The van der Waals surface area contributed by atoms with Crippen LogP contribution in [0.15, 0.2) is 0 Å². The Kier molecular flexibility index (Phi) is 8.52. The van der Waals surface area contributed by atoms with E-state index in [1.54, 1.807) is 12.0 Å². The Hall–Kier alpha value is -1.10. The Bertz CT molecular complexity index is 219. The van der Waals surface area contributed by atoms with Gasteiger partial charge in [-0.2, -0.15) is 0 Å². The van der Waals surface area contributed by atoms with Gasteiger partial charge in [-0.05, 0) is 6.42 Å². The predicted octanol–water partition coefficient (Wildman–Crippen LogP) is 0.398. The van der Waals surface area contributed by atoms with Gasteiger partial charge in [-0.1, -0.05) is 6.92 Å². The molecule has 0 aliphatic carbocycles. The highest BCUT2D eigenvalue weighted by molar-refractivity contribution is 5.77. The van der Waals surface area contributed by atoms with Crippen LogP contribution in [-0.2, 0) is 14.3 Å². The summed E-state index contributed by atoms with van der Waals surface area (Å²) in [5.74, 6) is -0.0362. The van der Waals surface area contributed by atoms with Gasteiger partial charge in [-0.25, -0.2) is 0 Å². The molecule has 0 saturated heterocycles. The molecule has 0 atom stereocenters. The highest BCUT2D eigenvalue weighted by atomic mass is 16.5. The van der Waals surface area contributed by atoms with Crippen molar-refractivity contribution in [2.45, 2.75) is 26.7 Å². The molecule has 0 aliphatic rings. The predicted molar refractivity (Wildman–Crippen MR) is 62.0 cm³/mol. The summed E-state index contributed by atoms with van der Waals surface area (Å²) in [6.45, 7) is 5.68. The lowest BCUT2D eigenvalue weighted by molar-refractivity contribution is -0.130. The smallest absolute Gasteiger partial charge is 0.221 e. The number of nitrogens with zero attached hydrogens (tertiary/aromatic N) is 1. The van der Waals surface area contributed by atoms with Crippen molar-refractivity contribution in [3.05, 3.63) is 0 Å². The average Bonchev–Trinajstić information content (AvgIpc) is 2.25. The molecule has 0 unspecified atom stereocenters. The van der Waals surface area contributed by atoms with E-state index in [-0.39, 0.29) is 11.8 Å². The summed E-state index contributed by atoms with van der Waals surface area (Å²) in [4.78, 5) is 24.2. The maximum Gasteiger partial charge on any atom is 0.221 e. The highest BCUT2D eigenvalue weighted by Gasteiger charge is 2.10. The molecule has 0 heterocycles. The second-order valence-electron chi connectivity index (χ2n) is 3.60. The molecule has 2 amide bonds. The minimum absolute atomic E-state index is 0.00878. The van der Waals surface area contributed by atoms with Crippen molar-refractivity contribution in [2.24, 2.45) is 0 Å². The van der Waals surface area contributed by atoms with Crippen LogP contribution in [0.5, 0.6) is 0 Å². The molecule has 0 fully saturated rings.